The van der Waals surface area contributed by atoms with Crippen molar-refractivity contribution >= 4 is 45.4 Å². The molecule has 298 valence electrons. The van der Waals surface area contributed by atoms with Gasteiger partial charge in [-0.2, -0.15) is 0 Å². The minimum absolute atomic E-state index is 0.0858. The second-order valence-corrected chi connectivity index (χ2v) is 16.9. The van der Waals surface area contributed by atoms with Gasteiger partial charge in [-0.25, -0.2) is 4.98 Å². The number of amides is 4. The molecule has 5 aliphatic rings. The van der Waals surface area contributed by atoms with Crippen LogP contribution in [0.15, 0.2) is 73.2 Å². The maximum atomic E-state index is 13.1. The van der Waals surface area contributed by atoms with Crippen molar-refractivity contribution in [1.82, 2.24) is 29.7 Å². The van der Waals surface area contributed by atoms with Crippen molar-refractivity contribution in [3.63, 3.8) is 0 Å². The van der Waals surface area contributed by atoms with Crippen LogP contribution in [0, 0.1) is 11.3 Å². The number of likely N-dealkylation sites (tertiary alicyclic amines) is 1. The lowest BCUT2D eigenvalue weighted by molar-refractivity contribution is -0.157. The zero-order chi connectivity index (χ0) is 39.5. The van der Waals surface area contributed by atoms with Gasteiger partial charge in [0, 0.05) is 91.6 Å². The topological polar surface area (TPSA) is 145 Å². The van der Waals surface area contributed by atoms with E-state index in [9.17, 15) is 19.2 Å². The van der Waals surface area contributed by atoms with Crippen molar-refractivity contribution in [1.29, 1.82) is 0 Å². The van der Waals surface area contributed by atoms with Crippen LogP contribution in [0.25, 0.3) is 32.9 Å². The Hall–Kier alpha value is -5.66. The molecule has 2 aromatic carbocycles. The fourth-order valence-corrected chi connectivity index (χ4v) is 9.81. The van der Waals surface area contributed by atoms with Crippen molar-refractivity contribution in [3.8, 4) is 22.8 Å². The second-order valence-electron chi connectivity index (χ2n) is 16.9. The number of unbranched alkanes of at least 4 members (excludes halogenated alkanes) is 1. The molecule has 5 aromatic rings. The fraction of sp³-hybridized carbons (Fsp3) is 0.422. The number of rotatable bonds is 13. The van der Waals surface area contributed by atoms with Crippen LogP contribution in [0.5, 0.6) is 11.6 Å². The normalized spacial score (nSPS) is 22.8. The van der Waals surface area contributed by atoms with Gasteiger partial charge in [0.25, 0.3) is 11.8 Å². The lowest BCUT2D eigenvalue weighted by Crippen LogP contribution is -2.65. The zero-order valence-electron chi connectivity index (χ0n) is 32.5. The summed E-state index contributed by atoms with van der Waals surface area (Å²) >= 11 is 0. The van der Waals surface area contributed by atoms with Gasteiger partial charge in [0.05, 0.1) is 29.4 Å². The molecule has 4 amide bonds. The maximum Gasteiger partial charge on any atom is 0.262 e. The number of nitrogens with one attached hydrogen (secondary N) is 1. The van der Waals surface area contributed by atoms with Crippen molar-refractivity contribution in [3.05, 3.63) is 84.3 Å². The number of hydrogen-bond acceptors (Lipinski definition) is 10. The fourth-order valence-electron chi connectivity index (χ4n) is 9.81. The summed E-state index contributed by atoms with van der Waals surface area (Å²) in [7, 11) is 2.10. The van der Waals surface area contributed by atoms with E-state index in [2.05, 4.69) is 62.1 Å². The molecule has 1 N–H and O–H groups in total. The van der Waals surface area contributed by atoms with Crippen molar-refractivity contribution in [2.45, 2.75) is 69.6 Å². The Labute approximate surface area is 335 Å². The minimum atomic E-state index is -0.983. The number of fused-ring (bicyclic) bond motifs is 4. The predicted molar refractivity (Wildman–Crippen MR) is 214 cm³/mol. The molecule has 2 aliphatic carbocycles. The maximum absolute atomic E-state index is 13.1. The van der Waals surface area contributed by atoms with Crippen molar-refractivity contribution < 1.29 is 33.4 Å². The average Bonchev–Trinajstić information content (AvgIpc) is 3.61. The number of piperidine rings is 1. The van der Waals surface area contributed by atoms with E-state index in [-0.39, 0.29) is 30.1 Å². The van der Waals surface area contributed by atoms with E-state index >= 15 is 0 Å². The molecule has 13 heteroatoms. The highest BCUT2D eigenvalue weighted by Crippen LogP contribution is 2.50. The van der Waals surface area contributed by atoms with Crippen LogP contribution in [0.4, 0.5) is 0 Å². The van der Waals surface area contributed by atoms with E-state index in [0.29, 0.717) is 42.3 Å². The lowest BCUT2D eigenvalue weighted by atomic mass is 9.61. The number of aromatic nitrogens is 3. The third-order valence-corrected chi connectivity index (χ3v) is 12.9. The highest BCUT2D eigenvalue weighted by molar-refractivity contribution is 6.23. The molecule has 2 saturated heterocycles. The van der Waals surface area contributed by atoms with Gasteiger partial charge in [-0.3, -0.25) is 34.4 Å². The molecule has 0 bridgehead atoms. The molecule has 2 saturated carbocycles. The summed E-state index contributed by atoms with van der Waals surface area (Å²) in [6.07, 6.45) is 12.5. The largest absolute Gasteiger partial charge is 0.494 e. The summed E-state index contributed by atoms with van der Waals surface area (Å²) in [6.45, 7) is 4.61. The highest BCUT2D eigenvalue weighted by atomic mass is 16.5. The number of imide groups is 2. The third kappa shape index (κ3) is 6.69. The summed E-state index contributed by atoms with van der Waals surface area (Å²) < 4.78 is 20.5. The smallest absolute Gasteiger partial charge is 0.262 e. The van der Waals surface area contributed by atoms with E-state index in [0.717, 1.165) is 74.2 Å². The van der Waals surface area contributed by atoms with Gasteiger partial charge in [0.1, 0.15) is 17.9 Å². The van der Waals surface area contributed by atoms with Crippen LogP contribution in [0.3, 0.4) is 0 Å². The Balaban J connectivity index is 0.597. The van der Waals surface area contributed by atoms with Gasteiger partial charge in [0.15, 0.2) is 0 Å². The van der Waals surface area contributed by atoms with Crippen molar-refractivity contribution in [2.24, 2.45) is 18.4 Å². The standard InChI is InChI=1S/C45H46N6O7/c1-49-37-12-13-46-23-36(37)33-7-4-28(18-39(33)49)29-5-11-41(47-22-29)58-31-16-27(17-31)24-50-25-45(26-50)20-32(21-45)57-15-3-2-14-56-30-6-8-34-35(19-30)44(55)51(43(34)54)38-9-10-40(52)48-42(38)53/h4-8,11-13,18-19,22-23,27,31-32,38H,2-3,9-10,14-17,20-21,24-26H2,1H3,(H,48,52,53). The molecule has 10 rings (SSSR count). The third-order valence-electron chi connectivity index (χ3n) is 12.9. The number of aryl methyl sites for hydroxylation is 1. The Kier molecular flexibility index (Phi) is 9.24. The summed E-state index contributed by atoms with van der Waals surface area (Å²) in [4.78, 5) is 62.3. The number of nitrogens with zero attached hydrogens (tertiary/aromatic N) is 5. The van der Waals surface area contributed by atoms with Gasteiger partial charge >= 0.3 is 0 Å². The van der Waals surface area contributed by atoms with Gasteiger partial charge in [-0.05, 0) is 92.8 Å². The first-order valence-electron chi connectivity index (χ1n) is 20.5. The average molecular weight is 783 g/mol. The quantitative estimate of drug-likeness (QED) is 0.117. The molecular weight excluding hydrogens is 737 g/mol. The van der Waals surface area contributed by atoms with E-state index in [4.69, 9.17) is 14.2 Å². The first-order chi connectivity index (χ1) is 28.2. The monoisotopic (exact) mass is 782 g/mol. The van der Waals surface area contributed by atoms with E-state index < -0.39 is 29.7 Å². The molecule has 0 radical (unpaired) electrons. The first-order valence-corrected chi connectivity index (χ1v) is 20.5. The van der Waals surface area contributed by atoms with E-state index in [1.807, 2.05) is 24.7 Å². The van der Waals surface area contributed by atoms with Crippen LogP contribution < -0.4 is 14.8 Å². The van der Waals surface area contributed by atoms with Gasteiger partial charge < -0.3 is 23.7 Å². The Morgan fingerprint density at radius 1 is 0.828 bits per heavy atom. The number of carbonyl (C=O) groups is 4. The lowest BCUT2D eigenvalue weighted by Gasteiger charge is -2.60. The molecule has 1 spiro atoms. The molecule has 3 aliphatic heterocycles. The highest BCUT2D eigenvalue weighted by Gasteiger charge is 2.53. The molecule has 1 unspecified atom stereocenters. The van der Waals surface area contributed by atoms with Crippen LogP contribution in [-0.2, 0) is 21.4 Å². The second kappa shape index (κ2) is 14.6. The van der Waals surface area contributed by atoms with Gasteiger partial charge in [0.2, 0.25) is 17.7 Å². The molecule has 6 heterocycles. The number of ether oxygens (including phenoxy) is 3. The van der Waals surface area contributed by atoms with Crippen LogP contribution >= 0.6 is 0 Å². The van der Waals surface area contributed by atoms with E-state index in [1.54, 1.807) is 18.2 Å². The summed E-state index contributed by atoms with van der Waals surface area (Å²) in [5.41, 5.74) is 5.44. The number of carbonyl (C=O) groups excluding carboxylic acids is 4. The zero-order valence-corrected chi connectivity index (χ0v) is 32.5. The van der Waals surface area contributed by atoms with Gasteiger partial charge in [-0.15, -0.1) is 0 Å². The molecule has 1 atom stereocenters. The number of hydrogen-bond donors (Lipinski definition) is 1. The molecular formula is C45H46N6O7. The summed E-state index contributed by atoms with van der Waals surface area (Å²) in [5.74, 6) is -0.217. The number of benzene rings is 2. The Morgan fingerprint density at radius 3 is 2.45 bits per heavy atom. The first kappa shape index (κ1) is 36.7. The summed E-state index contributed by atoms with van der Waals surface area (Å²) in [6, 6.07) is 16.5. The van der Waals surface area contributed by atoms with Gasteiger partial charge in [-0.1, -0.05) is 12.1 Å². The van der Waals surface area contributed by atoms with Crippen LogP contribution in [-0.4, -0.2) is 99.1 Å². The molecule has 58 heavy (non-hydrogen) atoms. The molecule has 13 nitrogen and oxygen atoms in total. The van der Waals surface area contributed by atoms with Crippen LogP contribution in [0.2, 0.25) is 0 Å². The SMILES string of the molecule is Cn1c2ccncc2c2ccc(-c3ccc(OC4CC(CN5CC6(CC(OCCCCOc7ccc8c(c7)C(=O)N(C7CCC(=O)NC7=O)C8=O)C6)C5)C4)nc3)cc21. The molecule has 4 fully saturated rings. The number of pyridine rings is 2. The Bertz CT molecular complexity index is 2440. The molecule has 3 aromatic heterocycles. The summed E-state index contributed by atoms with van der Waals surface area (Å²) in [5, 5.41) is 4.58. The Morgan fingerprint density at radius 2 is 1.64 bits per heavy atom. The van der Waals surface area contributed by atoms with E-state index in [1.165, 1.54) is 21.8 Å². The van der Waals surface area contributed by atoms with Crippen molar-refractivity contribution in [2.75, 3.05) is 32.8 Å². The minimum Gasteiger partial charge on any atom is -0.494 e. The predicted octanol–water partition coefficient (Wildman–Crippen LogP) is 5.69. The van der Waals surface area contributed by atoms with Crippen LogP contribution in [0.1, 0.15) is 72.1 Å².